The molecule has 5 nitrogen and oxygen atoms in total. The van der Waals surface area contributed by atoms with E-state index in [2.05, 4.69) is 5.32 Å². The quantitative estimate of drug-likeness (QED) is 0.842. The lowest BCUT2D eigenvalue weighted by molar-refractivity contribution is -0.182. The molecule has 2 rings (SSSR count). The highest BCUT2D eigenvalue weighted by molar-refractivity contribution is 6.37. The van der Waals surface area contributed by atoms with E-state index in [1.807, 2.05) is 0 Å². The van der Waals surface area contributed by atoms with E-state index in [4.69, 9.17) is 33.8 Å². The Kier molecular flexibility index (Phi) is 4.87. The molecule has 104 valence electrons. The number of hydroxylamine groups is 2. The molecular formula is C12H15Cl2N3O2. The van der Waals surface area contributed by atoms with Crippen LogP contribution in [0.2, 0.25) is 10.0 Å². The van der Waals surface area contributed by atoms with Crippen LogP contribution in [0.4, 0.5) is 11.4 Å². The molecule has 0 radical (unpaired) electrons. The van der Waals surface area contributed by atoms with Gasteiger partial charge >= 0.3 is 0 Å². The maximum atomic E-state index is 11.9. The van der Waals surface area contributed by atoms with Gasteiger partial charge in [0.25, 0.3) is 0 Å². The summed E-state index contributed by atoms with van der Waals surface area (Å²) in [5.41, 5.74) is 6.50. The highest BCUT2D eigenvalue weighted by Gasteiger charge is 2.16. The van der Waals surface area contributed by atoms with E-state index < -0.39 is 0 Å². The summed E-state index contributed by atoms with van der Waals surface area (Å²) in [5, 5.41) is 5.06. The number of nitrogens with one attached hydrogen (secondary N) is 1. The SMILES string of the molecule is Nc1cc(Cl)cc(Cl)c1NC(=O)CN1CCCCO1. The van der Waals surface area contributed by atoms with Gasteiger partial charge in [0.2, 0.25) is 5.91 Å². The van der Waals surface area contributed by atoms with Crippen molar-refractivity contribution in [3.8, 4) is 0 Å². The summed E-state index contributed by atoms with van der Waals surface area (Å²) in [6.45, 7) is 1.55. The predicted octanol–water partition coefficient (Wildman–Crippen LogP) is 2.54. The molecule has 1 amide bonds. The molecule has 1 saturated heterocycles. The summed E-state index contributed by atoms with van der Waals surface area (Å²) in [5.74, 6) is -0.224. The van der Waals surface area contributed by atoms with Gasteiger partial charge < -0.3 is 11.1 Å². The van der Waals surface area contributed by atoms with Crippen LogP contribution in [-0.2, 0) is 9.63 Å². The molecule has 1 heterocycles. The fraction of sp³-hybridized carbons (Fsp3) is 0.417. The first-order chi connectivity index (χ1) is 9.06. The lowest BCUT2D eigenvalue weighted by atomic mass is 10.2. The van der Waals surface area contributed by atoms with Gasteiger partial charge in [-0.15, -0.1) is 0 Å². The fourth-order valence-electron chi connectivity index (χ4n) is 1.84. The number of anilines is 2. The Morgan fingerprint density at radius 3 is 2.84 bits per heavy atom. The molecule has 0 aliphatic carbocycles. The smallest absolute Gasteiger partial charge is 0.241 e. The molecule has 19 heavy (non-hydrogen) atoms. The average molecular weight is 304 g/mol. The Bertz CT molecular complexity index is 453. The molecule has 1 aromatic rings. The summed E-state index contributed by atoms with van der Waals surface area (Å²) in [6.07, 6.45) is 2.05. The number of benzene rings is 1. The molecule has 0 aromatic heterocycles. The second kappa shape index (κ2) is 6.43. The van der Waals surface area contributed by atoms with E-state index in [0.717, 1.165) is 19.4 Å². The standard InChI is InChI=1S/C12H15Cl2N3O2/c13-8-5-9(14)12(10(15)6-8)16-11(18)7-17-3-1-2-4-19-17/h5-6H,1-4,7,15H2,(H,16,18). The van der Waals surface area contributed by atoms with Crippen molar-refractivity contribution in [3.63, 3.8) is 0 Å². The Balaban J connectivity index is 1.98. The first-order valence-electron chi connectivity index (χ1n) is 5.98. The topological polar surface area (TPSA) is 67.6 Å². The average Bonchev–Trinajstić information content (AvgIpc) is 2.35. The van der Waals surface area contributed by atoms with Crippen molar-refractivity contribution in [1.82, 2.24) is 5.06 Å². The van der Waals surface area contributed by atoms with E-state index in [-0.39, 0.29) is 12.5 Å². The summed E-state index contributed by atoms with van der Waals surface area (Å²) in [4.78, 5) is 17.2. The summed E-state index contributed by atoms with van der Waals surface area (Å²) >= 11 is 11.8. The minimum atomic E-state index is -0.224. The number of nitrogen functional groups attached to an aromatic ring is 1. The number of nitrogens with two attached hydrogens (primary N) is 1. The van der Waals surface area contributed by atoms with Gasteiger partial charge in [-0.2, -0.15) is 5.06 Å². The van der Waals surface area contributed by atoms with Crippen molar-refractivity contribution in [3.05, 3.63) is 22.2 Å². The first kappa shape index (κ1) is 14.4. The second-order valence-electron chi connectivity index (χ2n) is 4.30. The van der Waals surface area contributed by atoms with Crippen molar-refractivity contribution in [2.45, 2.75) is 12.8 Å². The molecule has 0 saturated carbocycles. The van der Waals surface area contributed by atoms with Gasteiger partial charge in [-0.3, -0.25) is 9.63 Å². The van der Waals surface area contributed by atoms with Crippen LogP contribution in [0.1, 0.15) is 12.8 Å². The molecule has 0 bridgehead atoms. The molecule has 1 aromatic carbocycles. The Morgan fingerprint density at radius 2 is 2.21 bits per heavy atom. The van der Waals surface area contributed by atoms with Crippen LogP contribution in [0.5, 0.6) is 0 Å². The fourth-order valence-corrected chi connectivity index (χ4v) is 2.39. The summed E-state index contributed by atoms with van der Waals surface area (Å²) in [7, 11) is 0. The van der Waals surface area contributed by atoms with Crippen LogP contribution in [-0.4, -0.2) is 30.7 Å². The molecule has 1 fully saturated rings. The Morgan fingerprint density at radius 1 is 1.42 bits per heavy atom. The van der Waals surface area contributed by atoms with Gasteiger partial charge in [0.15, 0.2) is 0 Å². The van der Waals surface area contributed by atoms with Gasteiger partial charge in [0.1, 0.15) is 6.54 Å². The Hall–Kier alpha value is -1.01. The number of rotatable bonds is 3. The maximum Gasteiger partial charge on any atom is 0.241 e. The van der Waals surface area contributed by atoms with Gasteiger partial charge in [0.05, 0.1) is 23.0 Å². The van der Waals surface area contributed by atoms with Crippen LogP contribution < -0.4 is 11.1 Å². The molecule has 1 aliphatic rings. The minimum Gasteiger partial charge on any atom is -0.397 e. The third-order valence-corrected chi connectivity index (χ3v) is 3.26. The van der Waals surface area contributed by atoms with Crippen molar-refractivity contribution in [2.75, 3.05) is 30.7 Å². The van der Waals surface area contributed by atoms with Crippen LogP contribution in [0.15, 0.2) is 12.1 Å². The van der Waals surface area contributed by atoms with Gasteiger partial charge in [-0.1, -0.05) is 23.2 Å². The number of halogens is 2. The van der Waals surface area contributed by atoms with E-state index in [1.165, 1.54) is 6.07 Å². The molecular weight excluding hydrogens is 289 g/mol. The summed E-state index contributed by atoms with van der Waals surface area (Å²) in [6, 6.07) is 3.08. The monoisotopic (exact) mass is 303 g/mol. The van der Waals surface area contributed by atoms with Crippen LogP contribution in [0, 0.1) is 0 Å². The third kappa shape index (κ3) is 3.98. The predicted molar refractivity (Wildman–Crippen MR) is 76.3 cm³/mol. The number of nitrogens with zero attached hydrogens (tertiary/aromatic N) is 1. The zero-order chi connectivity index (χ0) is 13.8. The molecule has 1 aliphatic heterocycles. The molecule has 0 atom stereocenters. The second-order valence-corrected chi connectivity index (χ2v) is 5.15. The van der Waals surface area contributed by atoms with Crippen LogP contribution >= 0.6 is 23.2 Å². The van der Waals surface area contributed by atoms with Gasteiger partial charge in [-0.05, 0) is 25.0 Å². The number of hydrogen-bond acceptors (Lipinski definition) is 4. The van der Waals surface area contributed by atoms with E-state index in [0.29, 0.717) is 28.0 Å². The zero-order valence-corrected chi connectivity index (χ0v) is 11.8. The van der Waals surface area contributed by atoms with Crippen molar-refractivity contribution in [2.24, 2.45) is 0 Å². The zero-order valence-electron chi connectivity index (χ0n) is 10.3. The molecule has 0 spiro atoms. The van der Waals surface area contributed by atoms with Gasteiger partial charge in [0, 0.05) is 11.6 Å². The lowest BCUT2D eigenvalue weighted by Gasteiger charge is -2.25. The largest absolute Gasteiger partial charge is 0.397 e. The van der Waals surface area contributed by atoms with Gasteiger partial charge in [-0.25, -0.2) is 0 Å². The maximum absolute atomic E-state index is 11.9. The summed E-state index contributed by atoms with van der Waals surface area (Å²) < 4.78 is 0. The number of amides is 1. The highest BCUT2D eigenvalue weighted by atomic mass is 35.5. The minimum absolute atomic E-state index is 0.151. The number of hydrogen-bond donors (Lipinski definition) is 2. The van der Waals surface area contributed by atoms with Crippen molar-refractivity contribution in [1.29, 1.82) is 0 Å². The first-order valence-corrected chi connectivity index (χ1v) is 6.74. The van der Waals surface area contributed by atoms with E-state index >= 15 is 0 Å². The van der Waals surface area contributed by atoms with E-state index in [9.17, 15) is 4.79 Å². The lowest BCUT2D eigenvalue weighted by Crippen LogP contribution is -2.37. The number of carbonyl (C=O) groups is 1. The Labute approximate surface area is 121 Å². The van der Waals surface area contributed by atoms with Crippen molar-refractivity contribution >= 4 is 40.5 Å². The normalized spacial score (nSPS) is 16.3. The molecule has 7 heteroatoms. The van der Waals surface area contributed by atoms with Crippen LogP contribution in [0.25, 0.3) is 0 Å². The van der Waals surface area contributed by atoms with E-state index in [1.54, 1.807) is 11.1 Å². The molecule has 0 unspecified atom stereocenters. The number of carbonyl (C=O) groups excluding carboxylic acids is 1. The molecule has 3 N–H and O–H groups in total. The van der Waals surface area contributed by atoms with Crippen molar-refractivity contribution < 1.29 is 9.63 Å². The third-order valence-electron chi connectivity index (χ3n) is 2.75. The van der Waals surface area contributed by atoms with Crippen LogP contribution in [0.3, 0.4) is 0 Å². The highest BCUT2D eigenvalue weighted by Crippen LogP contribution is 2.31.